The van der Waals surface area contributed by atoms with Crippen LogP contribution in [0.4, 0.5) is 20.3 Å². The Balaban J connectivity index is 1.65. The molecule has 5 rings (SSSR count). The first-order chi connectivity index (χ1) is 15.6. The Kier molecular flexibility index (Phi) is 5.45. The Labute approximate surface area is 187 Å². The van der Waals surface area contributed by atoms with Gasteiger partial charge >= 0.3 is 0 Å². The normalized spacial score (nSPS) is 12.7. The maximum Gasteiger partial charge on any atom is 0.163 e. The molecular formula is C23H18ClF2N3O3. The zero-order valence-electron chi connectivity index (χ0n) is 16.8. The number of rotatable bonds is 6. The van der Waals surface area contributed by atoms with Gasteiger partial charge in [0.15, 0.2) is 11.5 Å². The summed E-state index contributed by atoms with van der Waals surface area (Å²) in [6.07, 6.45) is 1.66. The van der Waals surface area contributed by atoms with E-state index in [0.717, 1.165) is 0 Å². The molecule has 1 aliphatic heterocycles. The van der Waals surface area contributed by atoms with Gasteiger partial charge in [0.1, 0.15) is 55.2 Å². The molecule has 0 bridgehead atoms. The quantitative estimate of drug-likeness (QED) is 0.405. The van der Waals surface area contributed by atoms with E-state index >= 15 is 0 Å². The van der Waals surface area contributed by atoms with Crippen LogP contribution >= 0.6 is 11.6 Å². The molecule has 0 radical (unpaired) electrons. The molecule has 0 aliphatic carbocycles. The van der Waals surface area contributed by atoms with Crippen molar-refractivity contribution in [1.29, 1.82) is 0 Å². The number of hydrogen-bond acceptors (Lipinski definition) is 5. The second kappa shape index (κ2) is 8.55. The van der Waals surface area contributed by atoms with Crippen molar-refractivity contribution in [2.75, 3.05) is 31.8 Å². The van der Waals surface area contributed by atoms with Crippen LogP contribution < -0.4 is 19.5 Å². The predicted octanol–water partition coefficient (Wildman–Crippen LogP) is 5.66. The predicted molar refractivity (Wildman–Crippen MR) is 118 cm³/mol. The molecule has 1 aliphatic rings. The number of hydrogen-bond donors (Lipinski definition) is 1. The summed E-state index contributed by atoms with van der Waals surface area (Å²) in [4.78, 5) is 4.60. The number of alkyl halides is 1. The molecule has 9 heteroatoms. The van der Waals surface area contributed by atoms with Crippen LogP contribution in [0, 0.1) is 5.82 Å². The first-order valence-electron chi connectivity index (χ1n) is 9.96. The summed E-state index contributed by atoms with van der Waals surface area (Å²) in [5.74, 6) is 1.67. The largest absolute Gasteiger partial charge is 0.489 e. The van der Waals surface area contributed by atoms with Gasteiger partial charge in [0.05, 0.1) is 16.8 Å². The van der Waals surface area contributed by atoms with E-state index in [1.807, 2.05) is 6.07 Å². The van der Waals surface area contributed by atoms with Gasteiger partial charge in [-0.3, -0.25) is 4.40 Å². The lowest BCUT2D eigenvalue weighted by atomic mass is 10.1. The van der Waals surface area contributed by atoms with E-state index in [9.17, 15) is 8.78 Å². The lowest BCUT2D eigenvalue weighted by Crippen LogP contribution is -2.15. The van der Waals surface area contributed by atoms with Gasteiger partial charge in [0.25, 0.3) is 0 Å². The molecule has 1 N–H and O–H groups in total. The molecule has 0 spiro atoms. The molecule has 2 aromatic heterocycles. The van der Waals surface area contributed by atoms with Crippen molar-refractivity contribution in [3.8, 4) is 28.5 Å². The summed E-state index contributed by atoms with van der Waals surface area (Å²) in [6.45, 7) is 0.263. The highest BCUT2D eigenvalue weighted by Gasteiger charge is 2.21. The van der Waals surface area contributed by atoms with Crippen molar-refractivity contribution in [2.24, 2.45) is 0 Å². The number of nitrogens with one attached hydrogen (secondary N) is 1. The molecule has 2 aromatic carbocycles. The molecule has 0 amide bonds. The minimum Gasteiger partial charge on any atom is -0.489 e. The van der Waals surface area contributed by atoms with E-state index in [1.54, 1.807) is 40.9 Å². The third-order valence-electron chi connectivity index (χ3n) is 4.94. The number of halogens is 3. The van der Waals surface area contributed by atoms with Crippen LogP contribution in [0.3, 0.4) is 0 Å². The van der Waals surface area contributed by atoms with Crippen LogP contribution in [0.15, 0.2) is 54.7 Å². The fraction of sp³-hybridized carbons (Fsp3) is 0.174. The Morgan fingerprint density at radius 2 is 1.94 bits per heavy atom. The lowest BCUT2D eigenvalue weighted by Gasteiger charge is -2.19. The van der Waals surface area contributed by atoms with Crippen LogP contribution in [0.25, 0.3) is 16.9 Å². The Morgan fingerprint density at radius 3 is 2.75 bits per heavy atom. The smallest absolute Gasteiger partial charge is 0.163 e. The summed E-state index contributed by atoms with van der Waals surface area (Å²) < 4.78 is 45.7. The number of fused-ring (bicyclic) bond motifs is 2. The number of benzene rings is 2. The molecule has 0 saturated carbocycles. The maximum atomic E-state index is 14.8. The van der Waals surface area contributed by atoms with Gasteiger partial charge in [0.2, 0.25) is 0 Å². The van der Waals surface area contributed by atoms with Gasteiger partial charge in [-0.15, -0.1) is 0 Å². The van der Waals surface area contributed by atoms with Crippen molar-refractivity contribution < 1.29 is 23.0 Å². The fourth-order valence-electron chi connectivity index (χ4n) is 3.54. The van der Waals surface area contributed by atoms with Gasteiger partial charge in [-0.05, 0) is 36.4 Å². The van der Waals surface area contributed by atoms with E-state index in [1.165, 1.54) is 12.1 Å². The molecule has 3 heterocycles. The SMILES string of the molecule is FCCOc1ccc2nc(-c3c(F)cccc3Cl)c(Nc3ccc4c(c3)OCCO4)n2c1. The first-order valence-corrected chi connectivity index (χ1v) is 10.3. The topological polar surface area (TPSA) is 57.0 Å². The van der Waals surface area contributed by atoms with E-state index in [2.05, 4.69) is 10.3 Å². The average molecular weight is 458 g/mol. The van der Waals surface area contributed by atoms with Crippen molar-refractivity contribution >= 4 is 28.8 Å². The number of nitrogens with zero attached hydrogens (tertiary/aromatic N) is 2. The lowest BCUT2D eigenvalue weighted by molar-refractivity contribution is 0.171. The number of aromatic nitrogens is 2. The van der Waals surface area contributed by atoms with E-state index in [-0.39, 0.29) is 17.2 Å². The summed E-state index contributed by atoms with van der Waals surface area (Å²) in [5.41, 5.74) is 1.71. The van der Waals surface area contributed by atoms with Gasteiger partial charge in [-0.1, -0.05) is 17.7 Å². The van der Waals surface area contributed by atoms with Crippen LogP contribution in [0.1, 0.15) is 0 Å². The van der Waals surface area contributed by atoms with E-state index in [4.69, 9.17) is 25.8 Å². The summed E-state index contributed by atoms with van der Waals surface area (Å²) in [6, 6.07) is 13.3. The van der Waals surface area contributed by atoms with Gasteiger partial charge in [-0.2, -0.15) is 0 Å². The Morgan fingerprint density at radius 1 is 1.09 bits per heavy atom. The molecule has 0 saturated heterocycles. The number of imidazole rings is 1. The van der Waals surface area contributed by atoms with Gasteiger partial charge in [0, 0.05) is 11.8 Å². The maximum absolute atomic E-state index is 14.8. The van der Waals surface area contributed by atoms with Crippen molar-refractivity contribution in [2.45, 2.75) is 0 Å². The number of ether oxygens (including phenoxy) is 3. The van der Waals surface area contributed by atoms with Crippen molar-refractivity contribution in [1.82, 2.24) is 9.38 Å². The highest BCUT2D eigenvalue weighted by Crippen LogP contribution is 2.39. The van der Waals surface area contributed by atoms with Crippen LogP contribution in [-0.2, 0) is 0 Å². The van der Waals surface area contributed by atoms with E-state index in [0.29, 0.717) is 53.3 Å². The Bertz CT molecular complexity index is 1270. The molecule has 6 nitrogen and oxygen atoms in total. The molecule has 164 valence electrons. The van der Waals surface area contributed by atoms with Crippen molar-refractivity contribution in [3.05, 3.63) is 65.6 Å². The second-order valence-electron chi connectivity index (χ2n) is 7.02. The van der Waals surface area contributed by atoms with Crippen LogP contribution in [-0.4, -0.2) is 35.9 Å². The average Bonchev–Trinajstić information content (AvgIpc) is 3.14. The van der Waals surface area contributed by atoms with Gasteiger partial charge in [-0.25, -0.2) is 13.8 Å². The summed E-state index contributed by atoms with van der Waals surface area (Å²) >= 11 is 6.34. The molecule has 0 unspecified atom stereocenters. The monoisotopic (exact) mass is 457 g/mol. The van der Waals surface area contributed by atoms with Crippen LogP contribution in [0.5, 0.6) is 17.2 Å². The third-order valence-corrected chi connectivity index (χ3v) is 5.26. The summed E-state index contributed by atoms with van der Waals surface area (Å²) in [5, 5.41) is 3.52. The minimum absolute atomic E-state index is 0.0723. The molecule has 32 heavy (non-hydrogen) atoms. The zero-order valence-corrected chi connectivity index (χ0v) is 17.5. The molecule has 0 fully saturated rings. The van der Waals surface area contributed by atoms with Crippen molar-refractivity contribution in [3.63, 3.8) is 0 Å². The molecular weight excluding hydrogens is 440 g/mol. The fourth-order valence-corrected chi connectivity index (χ4v) is 3.80. The summed E-state index contributed by atoms with van der Waals surface area (Å²) in [7, 11) is 0. The minimum atomic E-state index is -0.611. The number of pyridine rings is 1. The molecule has 4 aromatic rings. The zero-order chi connectivity index (χ0) is 22.1. The van der Waals surface area contributed by atoms with Crippen LogP contribution in [0.2, 0.25) is 5.02 Å². The highest BCUT2D eigenvalue weighted by atomic mass is 35.5. The first kappa shape index (κ1) is 20.4. The third kappa shape index (κ3) is 3.78. The molecule has 0 atom stereocenters. The second-order valence-corrected chi connectivity index (χ2v) is 7.43. The van der Waals surface area contributed by atoms with Gasteiger partial charge < -0.3 is 19.5 Å². The van der Waals surface area contributed by atoms with E-state index < -0.39 is 12.5 Å². The standard InChI is InChI=1S/C23H18ClF2N3O3/c24-16-2-1-3-17(26)21(16)22-23(27-14-4-6-18-19(12-14)32-11-10-31-18)29-13-15(30-9-8-25)5-7-20(29)28-22/h1-7,12-13,27H,8-11H2. The number of anilines is 2. The highest BCUT2D eigenvalue weighted by molar-refractivity contribution is 6.33. The Hall–Kier alpha value is -3.52.